The van der Waals surface area contributed by atoms with Crippen LogP contribution in [0, 0.1) is 11.3 Å². The van der Waals surface area contributed by atoms with Crippen LogP contribution in [0.1, 0.15) is 36.1 Å². The van der Waals surface area contributed by atoms with Gasteiger partial charge >= 0.3 is 6.18 Å². The predicted octanol–water partition coefficient (Wildman–Crippen LogP) is 2.97. The number of rotatable bonds is 3. The molecule has 4 aliphatic rings. The molecule has 0 radical (unpaired) electrons. The van der Waals surface area contributed by atoms with Gasteiger partial charge in [-0.25, -0.2) is 4.98 Å². The topological polar surface area (TPSA) is 85.1 Å². The number of carbonyl (C=O) groups excluding carboxylic acids is 1. The lowest BCUT2D eigenvalue weighted by Gasteiger charge is -2.37. The van der Waals surface area contributed by atoms with Crippen molar-refractivity contribution >= 4 is 28.9 Å². The van der Waals surface area contributed by atoms with E-state index in [-0.39, 0.29) is 30.5 Å². The van der Waals surface area contributed by atoms with Crippen LogP contribution in [0.4, 0.5) is 13.2 Å². The number of alkyl halides is 3. The van der Waals surface area contributed by atoms with Gasteiger partial charge in [-0.15, -0.1) is 0 Å². The van der Waals surface area contributed by atoms with Gasteiger partial charge in [0.05, 0.1) is 23.6 Å². The minimum atomic E-state index is -4.49. The first kappa shape index (κ1) is 27.3. The fourth-order valence-corrected chi connectivity index (χ4v) is 6.88. The molecule has 40 heavy (non-hydrogen) atoms. The van der Waals surface area contributed by atoms with E-state index in [9.17, 15) is 18.0 Å². The maximum atomic E-state index is 14.4. The highest BCUT2D eigenvalue weighted by Crippen LogP contribution is 2.50. The molecular formula is C27H31F3N6O3S. The predicted molar refractivity (Wildman–Crippen MR) is 143 cm³/mol. The Kier molecular flexibility index (Phi) is 7.16. The number of aromatic nitrogens is 3. The number of likely N-dealkylation sites (tertiary alicyclic amines) is 1. The molecule has 2 saturated heterocycles. The largest absolute Gasteiger partial charge is 0.417 e. The molecule has 6 rings (SSSR count). The lowest BCUT2D eigenvalue weighted by atomic mass is 9.79. The van der Waals surface area contributed by atoms with Gasteiger partial charge in [0.15, 0.2) is 5.11 Å². The van der Waals surface area contributed by atoms with Gasteiger partial charge < -0.3 is 19.3 Å². The summed E-state index contributed by atoms with van der Waals surface area (Å²) in [5.41, 5.74) is 0.471. The van der Waals surface area contributed by atoms with Crippen molar-refractivity contribution in [1.29, 1.82) is 0 Å². The van der Waals surface area contributed by atoms with E-state index in [1.165, 1.54) is 0 Å². The summed E-state index contributed by atoms with van der Waals surface area (Å²) in [6.45, 7) is 2.61. The number of hydrogen-bond donors (Lipinski definition) is 0. The van der Waals surface area contributed by atoms with Gasteiger partial charge in [-0.2, -0.15) is 13.2 Å². The number of methoxy groups -OCH3 is 1. The third kappa shape index (κ3) is 4.92. The summed E-state index contributed by atoms with van der Waals surface area (Å²) in [5, 5.41) is 0.574. The number of imidazole rings is 1. The van der Waals surface area contributed by atoms with E-state index in [1.54, 1.807) is 35.3 Å². The SMILES string of the molecule is COC1COCCC1N=C1C[C@H]2CN(C(=S)n3ccnc3)C[C@@]2(C(=O)N2CCc3ncc(C(F)(F)F)cc3C2)C1. The Balaban J connectivity index is 1.29. The number of ether oxygens (including phenoxy) is 2. The zero-order valence-electron chi connectivity index (χ0n) is 22.1. The van der Waals surface area contributed by atoms with Gasteiger partial charge in [-0.1, -0.05) is 0 Å². The molecule has 0 aromatic carbocycles. The number of carbonyl (C=O) groups is 1. The lowest BCUT2D eigenvalue weighted by molar-refractivity contribution is -0.143. The molecule has 13 heteroatoms. The van der Waals surface area contributed by atoms with Crippen molar-refractivity contribution in [2.75, 3.05) is 40.0 Å². The Morgan fingerprint density at radius 3 is 2.92 bits per heavy atom. The van der Waals surface area contributed by atoms with Crippen molar-refractivity contribution < 1.29 is 27.4 Å². The number of nitrogens with zero attached hydrogens (tertiary/aromatic N) is 6. The number of halogens is 3. The number of amides is 1. The van der Waals surface area contributed by atoms with Crippen molar-refractivity contribution in [1.82, 2.24) is 24.3 Å². The molecule has 3 fully saturated rings. The Bertz CT molecular complexity index is 1320. The molecule has 1 amide bonds. The molecule has 9 nitrogen and oxygen atoms in total. The fraction of sp³-hybridized carbons (Fsp3) is 0.593. The Morgan fingerprint density at radius 1 is 1.32 bits per heavy atom. The molecular weight excluding hydrogens is 545 g/mol. The summed E-state index contributed by atoms with van der Waals surface area (Å²) in [4.78, 5) is 31.4. The first-order valence-corrected chi connectivity index (χ1v) is 13.9. The smallest absolute Gasteiger partial charge is 0.379 e. The monoisotopic (exact) mass is 576 g/mol. The molecule has 2 aromatic heterocycles. The van der Waals surface area contributed by atoms with E-state index in [2.05, 4.69) is 9.97 Å². The molecule has 0 spiro atoms. The maximum Gasteiger partial charge on any atom is 0.417 e. The van der Waals surface area contributed by atoms with Crippen LogP contribution in [-0.2, 0) is 33.4 Å². The van der Waals surface area contributed by atoms with Gasteiger partial charge in [-0.05, 0) is 42.6 Å². The quantitative estimate of drug-likeness (QED) is 0.520. The highest BCUT2D eigenvalue weighted by Gasteiger charge is 2.58. The van der Waals surface area contributed by atoms with Crippen molar-refractivity contribution in [2.24, 2.45) is 16.3 Å². The van der Waals surface area contributed by atoms with Crippen LogP contribution in [0.5, 0.6) is 0 Å². The van der Waals surface area contributed by atoms with E-state index in [4.69, 9.17) is 26.7 Å². The van der Waals surface area contributed by atoms with Crippen LogP contribution in [0.3, 0.4) is 0 Å². The van der Waals surface area contributed by atoms with E-state index >= 15 is 0 Å². The summed E-state index contributed by atoms with van der Waals surface area (Å²) >= 11 is 5.75. The van der Waals surface area contributed by atoms with Crippen LogP contribution in [-0.4, -0.2) is 93.2 Å². The summed E-state index contributed by atoms with van der Waals surface area (Å²) < 4.78 is 53.1. The first-order chi connectivity index (χ1) is 19.2. The second-order valence-electron chi connectivity index (χ2n) is 11.1. The zero-order chi connectivity index (χ0) is 28.1. The van der Waals surface area contributed by atoms with Crippen molar-refractivity contribution in [2.45, 2.75) is 50.6 Å². The molecule has 4 atom stereocenters. The van der Waals surface area contributed by atoms with Crippen LogP contribution in [0.25, 0.3) is 0 Å². The molecule has 2 unspecified atom stereocenters. The highest BCUT2D eigenvalue weighted by molar-refractivity contribution is 7.80. The molecule has 3 aliphatic heterocycles. The second kappa shape index (κ2) is 10.5. The lowest BCUT2D eigenvalue weighted by Crippen LogP contribution is -2.49. The zero-order valence-corrected chi connectivity index (χ0v) is 23.0. The second-order valence-corrected chi connectivity index (χ2v) is 11.4. The summed E-state index contributed by atoms with van der Waals surface area (Å²) in [5.74, 6) is -0.0842. The van der Waals surface area contributed by atoms with Gasteiger partial charge in [0.1, 0.15) is 12.4 Å². The summed E-state index contributed by atoms with van der Waals surface area (Å²) in [7, 11) is 1.66. The van der Waals surface area contributed by atoms with E-state index in [0.717, 1.165) is 24.4 Å². The molecule has 214 valence electrons. The molecule has 1 saturated carbocycles. The molecule has 0 bridgehead atoms. The third-order valence-electron chi connectivity index (χ3n) is 8.69. The number of aliphatic imine (C=N–C) groups is 1. The van der Waals surface area contributed by atoms with Crippen molar-refractivity contribution in [3.63, 3.8) is 0 Å². The average molecular weight is 577 g/mol. The van der Waals surface area contributed by atoms with E-state index < -0.39 is 17.2 Å². The van der Waals surface area contributed by atoms with Gasteiger partial charge in [0, 0.05) is 82.7 Å². The molecule has 0 N–H and O–H groups in total. The Labute approximate surface area is 235 Å². The Hall–Kier alpha value is -2.90. The van der Waals surface area contributed by atoms with E-state index in [0.29, 0.717) is 68.5 Å². The van der Waals surface area contributed by atoms with Gasteiger partial charge in [0.25, 0.3) is 0 Å². The summed E-state index contributed by atoms with van der Waals surface area (Å²) in [6, 6.07) is 1.10. The van der Waals surface area contributed by atoms with Crippen LogP contribution in [0.15, 0.2) is 36.0 Å². The van der Waals surface area contributed by atoms with Crippen LogP contribution >= 0.6 is 12.2 Å². The fourth-order valence-electron chi connectivity index (χ4n) is 6.63. The minimum Gasteiger partial charge on any atom is -0.379 e. The molecule has 5 heterocycles. The minimum absolute atomic E-state index is 0.0258. The highest BCUT2D eigenvalue weighted by atomic mass is 32.1. The molecule has 2 aromatic rings. The third-order valence-corrected chi connectivity index (χ3v) is 9.16. The van der Waals surface area contributed by atoms with Gasteiger partial charge in [-0.3, -0.25) is 19.3 Å². The number of thiocarbonyl (C=S) groups is 1. The Morgan fingerprint density at radius 2 is 2.17 bits per heavy atom. The van der Waals surface area contributed by atoms with Crippen molar-refractivity contribution in [3.8, 4) is 0 Å². The molecule has 1 aliphatic carbocycles. The number of fused-ring (bicyclic) bond motifs is 2. The number of hydrogen-bond acceptors (Lipinski definition) is 7. The summed E-state index contributed by atoms with van der Waals surface area (Å²) in [6.07, 6.45) is 3.63. The normalized spacial score (nSPS) is 29.5. The van der Waals surface area contributed by atoms with Crippen LogP contribution in [0.2, 0.25) is 0 Å². The standard InChI is InChI=1S/C27H31F3N6O3S/c1-38-23-14-39-7-3-22(23)33-20-9-19-13-36(25(40)35-6-4-31-16-35)15-26(19,10-20)24(37)34-5-2-21-17(12-34)8-18(11-32-21)27(28,29)30/h4,6,8,11,16,19,22-23H,2-3,5,7,9-10,12-15H2,1H3/t19-,22?,23?,26-/m0/s1. The van der Waals surface area contributed by atoms with E-state index in [1.807, 2.05) is 4.90 Å². The van der Waals surface area contributed by atoms with Gasteiger partial charge in [0.2, 0.25) is 5.91 Å². The first-order valence-electron chi connectivity index (χ1n) is 13.5. The van der Waals surface area contributed by atoms with Crippen LogP contribution < -0.4 is 0 Å². The van der Waals surface area contributed by atoms with Crippen molar-refractivity contribution in [3.05, 3.63) is 47.8 Å². The maximum absolute atomic E-state index is 14.4. The number of pyridine rings is 1. The average Bonchev–Trinajstić information content (AvgIpc) is 3.67.